The number of carbonyl (C=O) groups is 1. The first-order valence-electron chi connectivity index (χ1n) is 7.62. The van der Waals surface area contributed by atoms with Gasteiger partial charge in [0.15, 0.2) is 0 Å². The fraction of sp³-hybridized carbons (Fsp3) is 0.235. The molecule has 0 unspecified atom stereocenters. The Bertz CT molecular complexity index is 879. The normalized spacial score (nSPS) is 13.7. The van der Waals surface area contributed by atoms with Crippen molar-refractivity contribution in [2.24, 2.45) is 0 Å². The standard InChI is InChI=1S/C17H17BrN2O3S/c1-2-17(21)20-10-9-12-11-15(7-8-16(12)20)24(22,23)19-14-5-3-13(18)4-6-14/h3-8,11,19H,2,9-10H2,1H3. The van der Waals surface area contributed by atoms with Crippen molar-refractivity contribution in [2.75, 3.05) is 16.2 Å². The van der Waals surface area contributed by atoms with Crippen molar-refractivity contribution in [3.63, 3.8) is 0 Å². The maximum absolute atomic E-state index is 12.6. The van der Waals surface area contributed by atoms with Crippen molar-refractivity contribution >= 4 is 43.2 Å². The molecule has 1 aliphatic rings. The highest BCUT2D eigenvalue weighted by atomic mass is 79.9. The van der Waals surface area contributed by atoms with Gasteiger partial charge in [0.25, 0.3) is 10.0 Å². The lowest BCUT2D eigenvalue weighted by molar-refractivity contribution is -0.118. The summed E-state index contributed by atoms with van der Waals surface area (Å²) in [7, 11) is -3.66. The number of benzene rings is 2. The molecule has 1 amide bonds. The molecule has 24 heavy (non-hydrogen) atoms. The molecule has 0 radical (unpaired) electrons. The highest BCUT2D eigenvalue weighted by molar-refractivity contribution is 9.10. The largest absolute Gasteiger partial charge is 0.312 e. The van der Waals surface area contributed by atoms with Gasteiger partial charge in [-0.2, -0.15) is 0 Å². The quantitative estimate of drug-likeness (QED) is 0.840. The van der Waals surface area contributed by atoms with E-state index in [-0.39, 0.29) is 10.8 Å². The molecule has 0 atom stereocenters. The molecule has 3 rings (SSSR count). The van der Waals surface area contributed by atoms with Crippen LogP contribution in [0.15, 0.2) is 51.8 Å². The van der Waals surface area contributed by atoms with Crippen LogP contribution in [-0.2, 0) is 21.2 Å². The second-order valence-corrected chi connectivity index (χ2v) is 8.15. The van der Waals surface area contributed by atoms with Crippen molar-refractivity contribution in [1.29, 1.82) is 0 Å². The highest BCUT2D eigenvalue weighted by Crippen LogP contribution is 2.31. The Morgan fingerprint density at radius 3 is 2.58 bits per heavy atom. The molecule has 2 aromatic carbocycles. The molecule has 0 spiro atoms. The minimum atomic E-state index is -3.66. The average molecular weight is 409 g/mol. The predicted molar refractivity (Wildman–Crippen MR) is 97.7 cm³/mol. The number of nitrogens with zero attached hydrogens (tertiary/aromatic N) is 1. The highest BCUT2D eigenvalue weighted by Gasteiger charge is 2.25. The van der Waals surface area contributed by atoms with Gasteiger partial charge in [-0.05, 0) is 54.4 Å². The van der Waals surface area contributed by atoms with Gasteiger partial charge in [0.1, 0.15) is 0 Å². The van der Waals surface area contributed by atoms with E-state index < -0.39 is 10.0 Å². The predicted octanol–water partition coefficient (Wildman–Crippen LogP) is 3.55. The Labute approximate surface area is 149 Å². The molecule has 0 saturated carbocycles. The average Bonchev–Trinajstić information content (AvgIpc) is 2.99. The van der Waals surface area contributed by atoms with E-state index in [1.54, 1.807) is 47.4 Å². The summed E-state index contributed by atoms with van der Waals surface area (Å²) < 4.78 is 28.6. The Kier molecular flexibility index (Phi) is 4.64. The number of halogens is 1. The van der Waals surface area contributed by atoms with Gasteiger partial charge in [-0.3, -0.25) is 9.52 Å². The minimum absolute atomic E-state index is 0.0531. The Hall–Kier alpha value is -1.86. The number of amides is 1. The third kappa shape index (κ3) is 3.32. The Morgan fingerprint density at radius 2 is 1.92 bits per heavy atom. The number of carbonyl (C=O) groups excluding carboxylic acids is 1. The molecule has 2 aromatic rings. The summed E-state index contributed by atoms with van der Waals surface area (Å²) in [4.78, 5) is 13.8. The summed E-state index contributed by atoms with van der Waals surface area (Å²) in [6.07, 6.45) is 1.10. The minimum Gasteiger partial charge on any atom is -0.312 e. The molecule has 0 aliphatic carbocycles. The molecular formula is C17H17BrN2O3S. The van der Waals surface area contributed by atoms with Gasteiger partial charge < -0.3 is 4.90 Å². The van der Waals surface area contributed by atoms with Crippen LogP contribution in [0.2, 0.25) is 0 Å². The number of hydrogen-bond donors (Lipinski definition) is 1. The molecule has 0 bridgehead atoms. The van der Waals surface area contributed by atoms with Crippen LogP contribution >= 0.6 is 15.9 Å². The lowest BCUT2D eigenvalue weighted by Crippen LogP contribution is -2.27. The molecular weight excluding hydrogens is 392 g/mol. The summed E-state index contributed by atoms with van der Waals surface area (Å²) in [5.41, 5.74) is 2.20. The molecule has 1 N–H and O–H groups in total. The zero-order valence-electron chi connectivity index (χ0n) is 13.1. The topological polar surface area (TPSA) is 66.5 Å². The first-order chi connectivity index (χ1) is 11.4. The molecule has 5 nitrogen and oxygen atoms in total. The number of fused-ring (bicyclic) bond motifs is 1. The van der Waals surface area contributed by atoms with E-state index in [4.69, 9.17) is 0 Å². The maximum Gasteiger partial charge on any atom is 0.261 e. The van der Waals surface area contributed by atoms with Crippen LogP contribution < -0.4 is 9.62 Å². The van der Waals surface area contributed by atoms with E-state index in [2.05, 4.69) is 20.7 Å². The molecule has 7 heteroatoms. The van der Waals surface area contributed by atoms with Gasteiger partial charge in [0.05, 0.1) is 4.90 Å². The van der Waals surface area contributed by atoms with Gasteiger partial charge in [0.2, 0.25) is 5.91 Å². The van der Waals surface area contributed by atoms with E-state index in [1.807, 2.05) is 6.92 Å². The Balaban J connectivity index is 1.87. The molecule has 1 heterocycles. The van der Waals surface area contributed by atoms with E-state index in [0.29, 0.717) is 25.1 Å². The number of sulfonamides is 1. The van der Waals surface area contributed by atoms with Gasteiger partial charge in [-0.15, -0.1) is 0 Å². The second-order valence-electron chi connectivity index (χ2n) is 5.55. The van der Waals surface area contributed by atoms with Crippen molar-refractivity contribution in [3.8, 4) is 0 Å². The van der Waals surface area contributed by atoms with Crippen molar-refractivity contribution in [1.82, 2.24) is 0 Å². The SMILES string of the molecule is CCC(=O)N1CCc2cc(S(=O)(=O)Nc3ccc(Br)cc3)ccc21. The lowest BCUT2D eigenvalue weighted by atomic mass is 10.2. The summed E-state index contributed by atoms with van der Waals surface area (Å²) >= 11 is 3.32. The monoisotopic (exact) mass is 408 g/mol. The zero-order valence-corrected chi connectivity index (χ0v) is 15.5. The Morgan fingerprint density at radius 1 is 1.21 bits per heavy atom. The third-order valence-corrected chi connectivity index (χ3v) is 5.86. The first-order valence-corrected chi connectivity index (χ1v) is 9.90. The van der Waals surface area contributed by atoms with Crippen molar-refractivity contribution in [2.45, 2.75) is 24.7 Å². The van der Waals surface area contributed by atoms with Gasteiger partial charge >= 0.3 is 0 Å². The second kappa shape index (κ2) is 6.57. The fourth-order valence-electron chi connectivity index (χ4n) is 2.73. The van der Waals surface area contributed by atoms with Crippen molar-refractivity contribution < 1.29 is 13.2 Å². The van der Waals surface area contributed by atoms with Crippen LogP contribution in [0.25, 0.3) is 0 Å². The van der Waals surface area contributed by atoms with Crippen LogP contribution in [0, 0.1) is 0 Å². The molecule has 0 aromatic heterocycles. The van der Waals surface area contributed by atoms with E-state index >= 15 is 0 Å². The summed E-state index contributed by atoms with van der Waals surface area (Å²) in [6.45, 7) is 2.42. The van der Waals surface area contributed by atoms with E-state index in [0.717, 1.165) is 15.7 Å². The fourth-order valence-corrected chi connectivity index (χ4v) is 4.10. The number of nitrogens with one attached hydrogen (secondary N) is 1. The van der Waals surface area contributed by atoms with Crippen LogP contribution in [0.3, 0.4) is 0 Å². The van der Waals surface area contributed by atoms with Crippen molar-refractivity contribution in [3.05, 3.63) is 52.5 Å². The van der Waals surface area contributed by atoms with E-state index in [1.165, 1.54) is 0 Å². The van der Waals surface area contributed by atoms with Crippen LogP contribution in [0.5, 0.6) is 0 Å². The van der Waals surface area contributed by atoms with Crippen LogP contribution in [0.1, 0.15) is 18.9 Å². The molecule has 0 saturated heterocycles. The lowest BCUT2D eigenvalue weighted by Gasteiger charge is -2.16. The summed E-state index contributed by atoms with van der Waals surface area (Å²) in [5, 5.41) is 0. The smallest absolute Gasteiger partial charge is 0.261 e. The molecule has 0 fully saturated rings. The molecule has 126 valence electrons. The van der Waals surface area contributed by atoms with Gasteiger partial charge in [0, 0.05) is 28.8 Å². The summed E-state index contributed by atoms with van der Waals surface area (Å²) in [6, 6.07) is 11.8. The van der Waals surface area contributed by atoms with Gasteiger partial charge in [-0.25, -0.2) is 8.42 Å². The van der Waals surface area contributed by atoms with Crippen LogP contribution in [-0.4, -0.2) is 20.9 Å². The third-order valence-electron chi connectivity index (χ3n) is 3.96. The summed E-state index contributed by atoms with van der Waals surface area (Å²) in [5.74, 6) is 0.0531. The maximum atomic E-state index is 12.6. The molecule has 1 aliphatic heterocycles. The zero-order chi connectivity index (χ0) is 17.3. The first kappa shape index (κ1) is 17.0. The van der Waals surface area contributed by atoms with Gasteiger partial charge in [-0.1, -0.05) is 22.9 Å². The number of hydrogen-bond acceptors (Lipinski definition) is 3. The number of anilines is 2. The van der Waals surface area contributed by atoms with Crippen LogP contribution in [0.4, 0.5) is 11.4 Å². The van der Waals surface area contributed by atoms with E-state index in [9.17, 15) is 13.2 Å². The number of rotatable bonds is 4.